The van der Waals surface area contributed by atoms with Crippen LogP contribution in [0.5, 0.6) is 0 Å². The molecule has 2 rings (SSSR count). The molecule has 16 heavy (non-hydrogen) atoms. The number of carbonyl (C=O) groups excluding carboxylic acids is 1. The molecule has 1 aliphatic rings. The molecule has 0 bridgehead atoms. The van der Waals surface area contributed by atoms with Crippen LogP contribution < -0.4 is 0 Å². The molecule has 1 heterocycles. The highest BCUT2D eigenvalue weighted by Crippen LogP contribution is 2.23. The third kappa shape index (κ3) is 2.22. The van der Waals surface area contributed by atoms with Gasteiger partial charge in [-0.25, -0.2) is 0 Å². The fraction of sp³-hybridized carbons (Fsp3) is 0.417. The minimum atomic E-state index is -0.702. The Hall–Kier alpha value is -0.620. The number of rotatable bonds is 1. The summed E-state index contributed by atoms with van der Waals surface area (Å²) in [5.41, 5.74) is 1.02. The topological polar surface area (TPSA) is 40.5 Å². The van der Waals surface area contributed by atoms with Crippen molar-refractivity contribution in [2.24, 2.45) is 0 Å². The minimum Gasteiger partial charge on any atom is -0.386 e. The Labute approximate surface area is 109 Å². The second-order valence-corrected chi connectivity index (χ2v) is 5.86. The number of amides is 1. The van der Waals surface area contributed by atoms with Crippen molar-refractivity contribution in [2.45, 2.75) is 19.4 Å². The molecule has 0 aromatic heterocycles. The standard InChI is InChI=1S/C12H14INO2/c1-8-5-9(13)3-4-10(8)11(15)14-6-12(2,16)7-14/h3-5,16H,6-7H2,1-2H3. The lowest BCUT2D eigenvalue weighted by atomic mass is 9.95. The van der Waals surface area contributed by atoms with Crippen LogP contribution in [-0.4, -0.2) is 34.6 Å². The first-order valence-corrected chi connectivity index (χ1v) is 6.25. The molecule has 1 amide bonds. The van der Waals surface area contributed by atoms with E-state index in [1.807, 2.05) is 25.1 Å². The lowest BCUT2D eigenvalue weighted by molar-refractivity contribution is -0.0669. The first-order valence-electron chi connectivity index (χ1n) is 5.17. The number of benzene rings is 1. The minimum absolute atomic E-state index is 0.0143. The van der Waals surface area contributed by atoms with Gasteiger partial charge in [0.05, 0.1) is 18.7 Å². The summed E-state index contributed by atoms with van der Waals surface area (Å²) in [4.78, 5) is 13.7. The maximum atomic E-state index is 12.1. The van der Waals surface area contributed by atoms with Gasteiger partial charge >= 0.3 is 0 Å². The predicted octanol–water partition coefficient (Wildman–Crippen LogP) is 1.81. The summed E-state index contributed by atoms with van der Waals surface area (Å²) in [6, 6.07) is 5.77. The van der Waals surface area contributed by atoms with Crippen LogP contribution in [-0.2, 0) is 0 Å². The van der Waals surface area contributed by atoms with Gasteiger partial charge in [0.2, 0.25) is 0 Å². The first-order chi connectivity index (χ1) is 7.39. The molecular weight excluding hydrogens is 317 g/mol. The van der Waals surface area contributed by atoms with Crippen molar-refractivity contribution in [2.75, 3.05) is 13.1 Å². The van der Waals surface area contributed by atoms with Gasteiger partial charge in [-0.05, 0) is 60.2 Å². The number of aliphatic hydroxyl groups is 1. The molecule has 0 radical (unpaired) electrons. The number of likely N-dealkylation sites (tertiary alicyclic amines) is 1. The fourth-order valence-electron chi connectivity index (χ4n) is 1.96. The Morgan fingerprint density at radius 2 is 2.12 bits per heavy atom. The molecule has 3 nitrogen and oxygen atoms in total. The molecule has 1 aromatic carbocycles. The summed E-state index contributed by atoms with van der Waals surface area (Å²) < 4.78 is 1.13. The van der Waals surface area contributed by atoms with E-state index >= 15 is 0 Å². The zero-order chi connectivity index (χ0) is 11.9. The molecule has 1 saturated heterocycles. The second kappa shape index (κ2) is 4.00. The third-order valence-corrected chi connectivity index (χ3v) is 3.44. The Morgan fingerprint density at radius 3 is 2.62 bits per heavy atom. The van der Waals surface area contributed by atoms with E-state index in [-0.39, 0.29) is 5.91 Å². The van der Waals surface area contributed by atoms with Crippen molar-refractivity contribution in [3.05, 3.63) is 32.9 Å². The average molecular weight is 331 g/mol. The van der Waals surface area contributed by atoms with Crippen LogP contribution in [0.25, 0.3) is 0 Å². The van der Waals surface area contributed by atoms with E-state index in [2.05, 4.69) is 22.6 Å². The van der Waals surface area contributed by atoms with E-state index in [1.165, 1.54) is 0 Å². The molecule has 1 fully saturated rings. The van der Waals surface area contributed by atoms with Gasteiger partial charge in [0, 0.05) is 9.13 Å². The summed E-state index contributed by atoms with van der Waals surface area (Å²) in [6.07, 6.45) is 0. The van der Waals surface area contributed by atoms with Gasteiger partial charge in [0.15, 0.2) is 0 Å². The van der Waals surface area contributed by atoms with E-state index in [0.29, 0.717) is 13.1 Å². The summed E-state index contributed by atoms with van der Waals surface area (Å²) in [5.74, 6) is 0.0143. The van der Waals surface area contributed by atoms with Gasteiger partial charge in [0.1, 0.15) is 0 Å². The van der Waals surface area contributed by atoms with Crippen LogP contribution in [0.3, 0.4) is 0 Å². The summed E-state index contributed by atoms with van der Waals surface area (Å²) in [7, 11) is 0. The zero-order valence-corrected chi connectivity index (χ0v) is 11.5. The number of halogens is 1. The fourth-order valence-corrected chi connectivity index (χ4v) is 2.60. The van der Waals surface area contributed by atoms with Crippen LogP contribution in [0.1, 0.15) is 22.8 Å². The second-order valence-electron chi connectivity index (χ2n) is 4.62. The van der Waals surface area contributed by atoms with Gasteiger partial charge in [-0.3, -0.25) is 4.79 Å². The van der Waals surface area contributed by atoms with E-state index in [1.54, 1.807) is 11.8 Å². The maximum absolute atomic E-state index is 12.1. The normalized spacial score (nSPS) is 18.1. The Balaban J connectivity index is 2.16. The van der Waals surface area contributed by atoms with Crippen molar-refractivity contribution >= 4 is 28.5 Å². The van der Waals surface area contributed by atoms with Crippen LogP contribution in [0.2, 0.25) is 0 Å². The van der Waals surface area contributed by atoms with Gasteiger partial charge in [-0.1, -0.05) is 0 Å². The third-order valence-electron chi connectivity index (χ3n) is 2.77. The highest BCUT2D eigenvalue weighted by atomic mass is 127. The molecule has 86 valence electrons. The summed E-state index contributed by atoms with van der Waals surface area (Å²) in [5, 5.41) is 9.60. The molecule has 0 unspecified atom stereocenters. The van der Waals surface area contributed by atoms with Crippen LogP contribution in [0.4, 0.5) is 0 Å². The number of carbonyl (C=O) groups is 1. The molecule has 4 heteroatoms. The number of hydrogen-bond acceptors (Lipinski definition) is 2. The Morgan fingerprint density at radius 1 is 1.50 bits per heavy atom. The molecule has 0 atom stereocenters. The monoisotopic (exact) mass is 331 g/mol. The van der Waals surface area contributed by atoms with Crippen molar-refractivity contribution in [1.82, 2.24) is 4.90 Å². The molecule has 0 saturated carbocycles. The van der Waals surface area contributed by atoms with Crippen LogP contribution in [0, 0.1) is 10.5 Å². The smallest absolute Gasteiger partial charge is 0.254 e. The Kier molecular flexibility index (Phi) is 2.96. The van der Waals surface area contributed by atoms with E-state index in [9.17, 15) is 9.90 Å². The van der Waals surface area contributed by atoms with Gasteiger partial charge in [0.25, 0.3) is 5.91 Å². The SMILES string of the molecule is Cc1cc(I)ccc1C(=O)N1CC(C)(O)C1. The van der Waals surface area contributed by atoms with Gasteiger partial charge in [-0.15, -0.1) is 0 Å². The number of aryl methyl sites for hydroxylation is 1. The van der Waals surface area contributed by atoms with Crippen molar-refractivity contribution in [3.8, 4) is 0 Å². The molecule has 1 N–H and O–H groups in total. The maximum Gasteiger partial charge on any atom is 0.254 e. The number of β-amino-alcohol motifs (C(OH)–C–C–N with tert-alkyl or cyclic N) is 1. The summed E-state index contributed by atoms with van der Waals surface area (Å²) in [6.45, 7) is 4.54. The van der Waals surface area contributed by atoms with Crippen LogP contribution in [0.15, 0.2) is 18.2 Å². The molecule has 0 spiro atoms. The van der Waals surface area contributed by atoms with Crippen LogP contribution >= 0.6 is 22.6 Å². The quantitative estimate of drug-likeness (QED) is 0.798. The predicted molar refractivity (Wildman–Crippen MR) is 70.4 cm³/mol. The molecule has 1 aliphatic heterocycles. The molecule has 0 aliphatic carbocycles. The lowest BCUT2D eigenvalue weighted by Gasteiger charge is -2.44. The van der Waals surface area contributed by atoms with E-state index in [0.717, 1.165) is 14.7 Å². The van der Waals surface area contributed by atoms with Crippen molar-refractivity contribution in [3.63, 3.8) is 0 Å². The Bertz CT molecular complexity index is 435. The highest BCUT2D eigenvalue weighted by Gasteiger charge is 2.39. The summed E-state index contributed by atoms with van der Waals surface area (Å²) >= 11 is 2.23. The molecule has 1 aromatic rings. The van der Waals surface area contributed by atoms with Crippen molar-refractivity contribution < 1.29 is 9.90 Å². The van der Waals surface area contributed by atoms with Gasteiger partial charge in [-0.2, -0.15) is 0 Å². The van der Waals surface area contributed by atoms with Crippen molar-refractivity contribution in [1.29, 1.82) is 0 Å². The number of hydrogen-bond donors (Lipinski definition) is 1. The zero-order valence-electron chi connectivity index (χ0n) is 9.33. The average Bonchev–Trinajstić information content (AvgIpc) is 2.13. The lowest BCUT2D eigenvalue weighted by Crippen LogP contribution is -2.61. The van der Waals surface area contributed by atoms with E-state index in [4.69, 9.17) is 0 Å². The first kappa shape index (κ1) is 11.9. The van der Waals surface area contributed by atoms with Gasteiger partial charge < -0.3 is 10.0 Å². The van der Waals surface area contributed by atoms with E-state index < -0.39 is 5.60 Å². The molecular formula is C12H14INO2. The highest BCUT2D eigenvalue weighted by molar-refractivity contribution is 14.1. The number of nitrogens with zero attached hydrogens (tertiary/aromatic N) is 1. The largest absolute Gasteiger partial charge is 0.386 e.